The highest BCUT2D eigenvalue weighted by Gasteiger charge is 2.16. The number of carboxylic acids is 1. The second-order valence-electron chi connectivity index (χ2n) is 5.89. The van der Waals surface area contributed by atoms with Crippen molar-refractivity contribution >= 4 is 5.97 Å². The molecule has 0 saturated heterocycles. The van der Waals surface area contributed by atoms with Gasteiger partial charge in [-0.3, -0.25) is 4.79 Å². The molecule has 0 fully saturated rings. The van der Waals surface area contributed by atoms with Gasteiger partial charge in [0.25, 0.3) is 0 Å². The Bertz CT molecular complexity index is 284. The minimum Gasteiger partial charge on any atom is -0.504 e. The third-order valence-electron chi connectivity index (χ3n) is 3.47. The first-order chi connectivity index (χ1) is 8.90. The van der Waals surface area contributed by atoms with Gasteiger partial charge in [-0.1, -0.05) is 40.5 Å². The zero-order valence-corrected chi connectivity index (χ0v) is 13.1. The number of hydrogen-bond donors (Lipinski definition) is 1. The summed E-state index contributed by atoms with van der Waals surface area (Å²) in [6, 6.07) is 0. The molecule has 0 radical (unpaired) electrons. The molecule has 0 aliphatic heterocycles. The Morgan fingerprint density at radius 2 is 1.84 bits per heavy atom. The number of hydrogen-bond acceptors (Lipinski definition) is 2. The standard InChI is InChI=1S/C16H30O3/c1-6-7-12(2)8-13(3)9-15(11-19-5)10-14(4)16(17)18/h11-14H,6-10H2,1-5H3,(H,17,18). The molecule has 0 spiro atoms. The molecule has 3 heteroatoms. The summed E-state index contributed by atoms with van der Waals surface area (Å²) in [6.45, 7) is 8.49. The highest BCUT2D eigenvalue weighted by molar-refractivity contribution is 5.69. The van der Waals surface area contributed by atoms with E-state index in [9.17, 15) is 4.79 Å². The average molecular weight is 270 g/mol. The second kappa shape index (κ2) is 9.88. The van der Waals surface area contributed by atoms with Crippen LogP contribution in [0.2, 0.25) is 0 Å². The quantitative estimate of drug-likeness (QED) is 0.595. The summed E-state index contributed by atoms with van der Waals surface area (Å²) in [5, 5.41) is 8.98. The van der Waals surface area contributed by atoms with E-state index in [4.69, 9.17) is 9.84 Å². The summed E-state index contributed by atoms with van der Waals surface area (Å²) in [5.74, 6) is 0.223. The van der Waals surface area contributed by atoms with Gasteiger partial charge in [-0.2, -0.15) is 0 Å². The van der Waals surface area contributed by atoms with Crippen LogP contribution in [0.1, 0.15) is 59.8 Å². The van der Waals surface area contributed by atoms with Gasteiger partial charge in [-0.25, -0.2) is 0 Å². The Labute approximate surface area is 118 Å². The lowest BCUT2D eigenvalue weighted by Crippen LogP contribution is -2.12. The number of rotatable bonds is 10. The van der Waals surface area contributed by atoms with Crippen LogP contribution in [0.5, 0.6) is 0 Å². The molecule has 19 heavy (non-hydrogen) atoms. The molecule has 0 heterocycles. The maximum atomic E-state index is 10.9. The molecule has 0 aliphatic carbocycles. The Morgan fingerprint density at radius 3 is 2.32 bits per heavy atom. The van der Waals surface area contributed by atoms with Gasteiger partial charge in [-0.15, -0.1) is 0 Å². The maximum absolute atomic E-state index is 10.9. The normalized spacial score (nSPS) is 16.8. The Balaban J connectivity index is 4.34. The first-order valence-corrected chi connectivity index (χ1v) is 7.34. The van der Waals surface area contributed by atoms with Crippen molar-refractivity contribution in [2.24, 2.45) is 17.8 Å². The van der Waals surface area contributed by atoms with E-state index in [1.807, 2.05) is 0 Å². The summed E-state index contributed by atoms with van der Waals surface area (Å²) in [5.41, 5.74) is 1.11. The van der Waals surface area contributed by atoms with E-state index >= 15 is 0 Å². The molecule has 0 amide bonds. The third-order valence-corrected chi connectivity index (χ3v) is 3.47. The van der Waals surface area contributed by atoms with Crippen molar-refractivity contribution in [3.05, 3.63) is 11.8 Å². The molecule has 0 aliphatic rings. The fourth-order valence-corrected chi connectivity index (χ4v) is 2.66. The molecule has 112 valence electrons. The van der Waals surface area contributed by atoms with Crippen molar-refractivity contribution < 1.29 is 14.6 Å². The van der Waals surface area contributed by atoms with Crippen LogP contribution < -0.4 is 0 Å². The molecule has 0 aromatic heterocycles. The molecule has 0 aromatic rings. The first kappa shape index (κ1) is 18.0. The van der Waals surface area contributed by atoms with Gasteiger partial charge in [-0.05, 0) is 36.7 Å². The fourth-order valence-electron chi connectivity index (χ4n) is 2.66. The van der Waals surface area contributed by atoms with Crippen LogP contribution in [0, 0.1) is 17.8 Å². The van der Waals surface area contributed by atoms with E-state index < -0.39 is 5.97 Å². The van der Waals surface area contributed by atoms with Gasteiger partial charge >= 0.3 is 5.97 Å². The molecule has 0 aromatic carbocycles. The zero-order valence-electron chi connectivity index (χ0n) is 13.1. The molecule has 3 atom stereocenters. The Morgan fingerprint density at radius 1 is 1.21 bits per heavy atom. The van der Waals surface area contributed by atoms with Crippen LogP contribution in [0.25, 0.3) is 0 Å². The van der Waals surface area contributed by atoms with Crippen LogP contribution in [0.15, 0.2) is 11.8 Å². The minimum absolute atomic E-state index is 0.346. The zero-order chi connectivity index (χ0) is 14.8. The highest BCUT2D eigenvalue weighted by Crippen LogP contribution is 2.25. The lowest BCUT2D eigenvalue weighted by atomic mass is 9.87. The number of methoxy groups -OCH3 is 1. The van der Waals surface area contributed by atoms with E-state index in [1.54, 1.807) is 20.3 Å². The molecular formula is C16H30O3. The Kier molecular flexibility index (Phi) is 9.36. The smallest absolute Gasteiger partial charge is 0.306 e. The maximum Gasteiger partial charge on any atom is 0.306 e. The van der Waals surface area contributed by atoms with Crippen LogP contribution >= 0.6 is 0 Å². The van der Waals surface area contributed by atoms with Gasteiger partial charge in [0.1, 0.15) is 0 Å². The number of carbonyl (C=O) groups is 1. The Hall–Kier alpha value is -0.990. The third kappa shape index (κ3) is 8.68. The molecule has 0 rings (SSSR count). The summed E-state index contributed by atoms with van der Waals surface area (Å²) in [6.07, 6.45) is 6.91. The fraction of sp³-hybridized carbons (Fsp3) is 0.812. The van der Waals surface area contributed by atoms with E-state index in [1.165, 1.54) is 19.3 Å². The van der Waals surface area contributed by atoms with Crippen LogP contribution in [-0.4, -0.2) is 18.2 Å². The number of carboxylic acid groups (broad SMARTS) is 1. The van der Waals surface area contributed by atoms with Crippen molar-refractivity contribution in [2.45, 2.75) is 59.8 Å². The van der Waals surface area contributed by atoms with Gasteiger partial charge in [0.05, 0.1) is 19.3 Å². The lowest BCUT2D eigenvalue weighted by molar-refractivity contribution is -0.141. The van der Waals surface area contributed by atoms with E-state index in [2.05, 4.69) is 20.8 Å². The van der Waals surface area contributed by atoms with Crippen LogP contribution in [0.4, 0.5) is 0 Å². The largest absolute Gasteiger partial charge is 0.504 e. The molecule has 0 bridgehead atoms. The monoisotopic (exact) mass is 270 g/mol. The molecule has 3 unspecified atom stereocenters. The molecular weight excluding hydrogens is 240 g/mol. The topological polar surface area (TPSA) is 46.5 Å². The highest BCUT2D eigenvalue weighted by atomic mass is 16.5. The SMILES string of the molecule is CCCC(C)CC(C)CC(=COC)CC(C)C(=O)O. The van der Waals surface area contributed by atoms with Crippen molar-refractivity contribution in [1.82, 2.24) is 0 Å². The van der Waals surface area contributed by atoms with Crippen LogP contribution in [-0.2, 0) is 9.53 Å². The second-order valence-corrected chi connectivity index (χ2v) is 5.89. The van der Waals surface area contributed by atoms with Gasteiger partial charge < -0.3 is 9.84 Å². The predicted octanol–water partition coefficient (Wildman–Crippen LogP) is 4.48. The van der Waals surface area contributed by atoms with Gasteiger partial charge in [0.2, 0.25) is 0 Å². The lowest BCUT2D eigenvalue weighted by Gasteiger charge is -2.19. The predicted molar refractivity (Wildman–Crippen MR) is 79.0 cm³/mol. The van der Waals surface area contributed by atoms with Crippen LogP contribution in [0.3, 0.4) is 0 Å². The van der Waals surface area contributed by atoms with Crippen molar-refractivity contribution in [3.8, 4) is 0 Å². The van der Waals surface area contributed by atoms with Gasteiger partial charge in [0, 0.05) is 0 Å². The number of allylic oxidation sites excluding steroid dienone is 1. The minimum atomic E-state index is -0.742. The summed E-state index contributed by atoms with van der Waals surface area (Å²) >= 11 is 0. The molecule has 0 saturated carbocycles. The summed E-state index contributed by atoms with van der Waals surface area (Å²) < 4.78 is 5.08. The van der Waals surface area contributed by atoms with Crippen molar-refractivity contribution in [3.63, 3.8) is 0 Å². The summed E-state index contributed by atoms with van der Waals surface area (Å²) in [4.78, 5) is 10.9. The summed E-state index contributed by atoms with van der Waals surface area (Å²) in [7, 11) is 1.62. The van der Waals surface area contributed by atoms with Crippen molar-refractivity contribution in [2.75, 3.05) is 7.11 Å². The number of ether oxygens (including phenoxy) is 1. The van der Waals surface area contributed by atoms with Crippen molar-refractivity contribution in [1.29, 1.82) is 0 Å². The number of aliphatic carboxylic acids is 1. The molecule has 3 nitrogen and oxygen atoms in total. The first-order valence-electron chi connectivity index (χ1n) is 7.34. The van der Waals surface area contributed by atoms with E-state index in [0.29, 0.717) is 12.3 Å². The van der Waals surface area contributed by atoms with E-state index in [-0.39, 0.29) is 5.92 Å². The average Bonchev–Trinajstić information content (AvgIpc) is 2.28. The molecule has 1 N–H and O–H groups in total. The van der Waals surface area contributed by atoms with E-state index in [0.717, 1.165) is 17.9 Å². The van der Waals surface area contributed by atoms with Gasteiger partial charge in [0.15, 0.2) is 0 Å².